The van der Waals surface area contributed by atoms with Crippen molar-refractivity contribution in [2.75, 3.05) is 25.1 Å². The normalized spacial score (nSPS) is 15.0. The van der Waals surface area contributed by atoms with E-state index in [1.165, 1.54) is 58.9 Å². The maximum absolute atomic E-state index is 15.0. The number of benzene rings is 2. The third-order valence-electron chi connectivity index (χ3n) is 11.1. The molecule has 0 spiro atoms. The van der Waals surface area contributed by atoms with Crippen LogP contribution in [0.4, 0.5) is 93.9 Å². The van der Waals surface area contributed by atoms with Crippen molar-refractivity contribution in [1.29, 1.82) is 0 Å². The van der Waals surface area contributed by atoms with Crippen molar-refractivity contribution in [2.24, 2.45) is 5.92 Å². The highest BCUT2D eigenvalue weighted by Gasteiger charge is 2.95. The lowest BCUT2D eigenvalue weighted by Gasteiger charge is -2.44. The lowest BCUT2D eigenvalue weighted by molar-refractivity contribution is -0.461. The van der Waals surface area contributed by atoms with Crippen LogP contribution in [0.1, 0.15) is 79.4 Å². The number of hydrogen-bond acceptors (Lipinski definition) is 6. The molecule has 2 atom stereocenters. The molecule has 2 aromatic rings. The Bertz CT molecular complexity index is 2060. The van der Waals surface area contributed by atoms with E-state index >= 15 is 8.78 Å². The van der Waals surface area contributed by atoms with E-state index in [9.17, 15) is 84.2 Å². The van der Waals surface area contributed by atoms with Crippen LogP contribution in [0, 0.1) is 17.6 Å². The number of nitrogens with one attached hydrogen (secondary N) is 1. The minimum atomic E-state index is -8.72. The number of hydrogen-bond donors (Lipinski definition) is 1. The molecule has 27 heteroatoms. The summed E-state index contributed by atoms with van der Waals surface area (Å²) in [6, 6.07) is 6.51. The zero-order valence-corrected chi connectivity index (χ0v) is 38.5. The lowest BCUT2D eigenvalue weighted by Crippen LogP contribution is -2.74. The van der Waals surface area contributed by atoms with Crippen molar-refractivity contribution in [3.63, 3.8) is 0 Å². The van der Waals surface area contributed by atoms with E-state index in [4.69, 9.17) is 18.6 Å². The van der Waals surface area contributed by atoms with Gasteiger partial charge in [0.2, 0.25) is 0 Å². The fourth-order valence-corrected chi connectivity index (χ4v) is 11.4. The average Bonchev–Trinajstić information content (AvgIpc) is 3.22. The van der Waals surface area contributed by atoms with Crippen molar-refractivity contribution < 1.29 is 112 Å². The number of alkyl halides is 17. The maximum atomic E-state index is 15.0. The highest BCUT2D eigenvalue weighted by Crippen LogP contribution is 2.64. The Hall–Kier alpha value is -4.43. The topological polar surface area (TPSA) is 83.1 Å². The summed E-state index contributed by atoms with van der Waals surface area (Å²) in [6.07, 6.45) is -10.5. The smallest absolute Gasteiger partial charge is 0.460 e. The van der Waals surface area contributed by atoms with Crippen LogP contribution < -0.4 is 10.1 Å². The summed E-state index contributed by atoms with van der Waals surface area (Å²) < 4.78 is 286. The third-order valence-corrected chi connectivity index (χ3v) is 16.8. The number of anilines is 1. The number of halogens is 19. The number of ether oxygens (including phenoxy) is 3. The Balaban J connectivity index is 2.32. The zero-order valence-electron chi connectivity index (χ0n) is 37.5. The van der Waals surface area contributed by atoms with Gasteiger partial charge in [-0.3, -0.25) is 5.32 Å². The van der Waals surface area contributed by atoms with Crippen LogP contribution in [0.3, 0.4) is 0 Å². The minimum Gasteiger partial charge on any atom is -0.491 e. The Kier molecular flexibility index (Phi) is 19.6. The molecule has 2 aromatic carbocycles. The van der Waals surface area contributed by atoms with Gasteiger partial charge in [-0.2, -0.15) is 74.6 Å². The molecule has 0 aliphatic heterocycles. The van der Waals surface area contributed by atoms with Crippen LogP contribution in [0.15, 0.2) is 54.1 Å². The minimum absolute atomic E-state index is 0.0608. The Morgan fingerprint density at radius 3 is 1.68 bits per heavy atom. The second-order valence-electron chi connectivity index (χ2n) is 16.4. The van der Waals surface area contributed by atoms with Gasteiger partial charge >= 0.3 is 59.7 Å². The van der Waals surface area contributed by atoms with Gasteiger partial charge < -0.3 is 18.6 Å². The maximum Gasteiger partial charge on any atom is 0.460 e. The van der Waals surface area contributed by atoms with Crippen LogP contribution in [0.2, 0.25) is 17.1 Å². The molecule has 0 radical (unpaired) electrons. The van der Waals surface area contributed by atoms with Gasteiger partial charge in [-0.1, -0.05) is 52.8 Å². The predicted molar refractivity (Wildman–Crippen MR) is 212 cm³/mol. The van der Waals surface area contributed by atoms with Crippen molar-refractivity contribution >= 4 is 26.1 Å². The summed E-state index contributed by atoms with van der Waals surface area (Å²) in [5.41, 5.74) is -1.63. The first-order chi connectivity index (χ1) is 31.2. The van der Waals surface area contributed by atoms with Crippen LogP contribution >= 0.6 is 0 Å². The van der Waals surface area contributed by atoms with Crippen LogP contribution in [-0.2, 0) is 18.7 Å². The first kappa shape index (κ1) is 60.7. The van der Waals surface area contributed by atoms with Gasteiger partial charge in [-0.15, -0.1) is 0 Å². The molecule has 0 saturated heterocycles. The molecule has 0 unspecified atom stereocenters. The highest BCUT2D eigenvalue weighted by molar-refractivity contribution is 6.76. The summed E-state index contributed by atoms with van der Waals surface area (Å²) in [4.78, 5) is 24.9. The highest BCUT2D eigenvalue weighted by atomic mass is 28.4. The summed E-state index contributed by atoms with van der Waals surface area (Å²) >= 11 is 0. The van der Waals surface area contributed by atoms with E-state index < -0.39 is 134 Å². The average molecular weight is 1050 g/mol. The van der Waals surface area contributed by atoms with Gasteiger partial charge in [0.25, 0.3) is 0 Å². The Morgan fingerprint density at radius 2 is 1.20 bits per heavy atom. The third kappa shape index (κ3) is 12.7. The van der Waals surface area contributed by atoms with Gasteiger partial charge in [-0.05, 0) is 79.6 Å². The van der Waals surface area contributed by atoms with Crippen LogP contribution in [0.25, 0.3) is 0 Å². The largest absolute Gasteiger partial charge is 0.491 e. The van der Waals surface area contributed by atoms with Gasteiger partial charge in [0.15, 0.2) is 8.32 Å². The second-order valence-corrected chi connectivity index (χ2v) is 21.4. The Labute approximate surface area is 384 Å². The van der Waals surface area contributed by atoms with Crippen molar-refractivity contribution in [2.45, 2.75) is 139 Å². The zero-order chi connectivity index (χ0) is 53.6. The molecule has 0 aliphatic carbocycles. The number of carbonyl (C=O) groups is 2. The summed E-state index contributed by atoms with van der Waals surface area (Å²) in [7, 11) is -4.05. The number of amides is 1. The van der Waals surface area contributed by atoms with Gasteiger partial charge in [0, 0.05) is 18.1 Å². The molecule has 0 aromatic heterocycles. The molecule has 7 nitrogen and oxygen atoms in total. The van der Waals surface area contributed by atoms with E-state index in [-0.39, 0.29) is 12.4 Å². The predicted octanol–water partition coefficient (Wildman–Crippen LogP) is 14.7. The summed E-state index contributed by atoms with van der Waals surface area (Å²) in [5, 5.41) is 2.17. The molecule has 1 N–H and O–H groups in total. The number of carbonyl (C=O) groups excluding carboxylic acids is 2. The second kappa shape index (κ2) is 22.3. The van der Waals surface area contributed by atoms with Crippen molar-refractivity contribution in [3.05, 3.63) is 71.3 Å². The van der Waals surface area contributed by atoms with Crippen LogP contribution in [0.5, 0.6) is 5.75 Å². The van der Waals surface area contributed by atoms with E-state index in [0.29, 0.717) is 30.0 Å². The number of esters is 1. The fraction of sp³-hybridized carbons (Fsp3) is 0.619. The first-order valence-corrected chi connectivity index (χ1v) is 22.9. The van der Waals surface area contributed by atoms with Gasteiger partial charge in [0.05, 0.1) is 18.9 Å². The van der Waals surface area contributed by atoms with E-state index in [1.54, 1.807) is 19.9 Å². The summed E-state index contributed by atoms with van der Waals surface area (Å²) in [5.74, 6) is -60.0. The van der Waals surface area contributed by atoms with E-state index in [2.05, 4.69) is 5.32 Å². The molecule has 0 fully saturated rings. The first-order valence-electron chi connectivity index (χ1n) is 20.6. The summed E-state index contributed by atoms with van der Waals surface area (Å²) in [6.45, 7) is 9.08. The van der Waals surface area contributed by atoms with Crippen molar-refractivity contribution in [3.8, 4) is 5.75 Å². The number of rotatable bonds is 25. The van der Waals surface area contributed by atoms with E-state index in [1.807, 2.05) is 0 Å². The quantitative estimate of drug-likeness (QED) is 0.0351. The molecule has 69 heavy (non-hydrogen) atoms. The lowest BCUT2D eigenvalue weighted by atomic mass is 9.88. The fourth-order valence-electron chi connectivity index (χ4n) is 6.90. The van der Waals surface area contributed by atoms with Gasteiger partial charge in [-0.25, -0.2) is 18.4 Å². The van der Waals surface area contributed by atoms with Crippen molar-refractivity contribution in [1.82, 2.24) is 0 Å². The van der Waals surface area contributed by atoms with Crippen LogP contribution in [-0.4, -0.2) is 87.8 Å². The molecular formula is C42H48F19NO6Si. The molecule has 0 aliphatic rings. The van der Waals surface area contributed by atoms with Gasteiger partial charge in [0.1, 0.15) is 30.1 Å². The molecular weight excluding hydrogens is 1000 g/mol. The number of allylic oxidation sites excluding steroid dienone is 1. The molecule has 0 heterocycles. The standard InChI is InChI=1S/C42H48F19NO6Si/c1-8-65-33(63)26(7)11-9-10-25(6)32(68-34(64)62-31-17-14-28(43)22-30(31)44)27-12-15-29(16-13-27)66-19-20-67-69(23(2)3,24(4)5)21-18-35(45,46)36(47,48)37(49,50)38(51,52)39(53,54)40(55,56)41(57,58)42(59,60)61/h11-17,22-25,32H,8-10,18-21H2,1-7H3,(H,62,64)/b26-11+/t25-,32-/m0/s1. The molecule has 0 saturated carbocycles. The molecule has 1 amide bonds. The Morgan fingerprint density at radius 1 is 0.696 bits per heavy atom. The SMILES string of the molecule is CCOC(=O)/C(C)=C/CC[C@H](C)[C@H](OC(=O)Nc1ccc(F)cc1F)c1ccc(OCCO[Si](CCC(F)(F)C(F)(F)C(F)(F)C(F)(F)C(F)(F)C(F)(F)C(F)(F)C(F)(F)F)(C(C)C)C(C)C)cc1. The molecule has 0 bridgehead atoms. The molecule has 394 valence electrons. The monoisotopic (exact) mass is 1050 g/mol. The molecule has 2 rings (SSSR count). The van der Waals surface area contributed by atoms with E-state index in [0.717, 1.165) is 12.1 Å².